The molecule has 3 rings (SSSR count). The summed E-state index contributed by atoms with van der Waals surface area (Å²) in [4.78, 5) is 85.0. The first kappa shape index (κ1) is 42.8. The number of hydrogen-bond donors (Lipinski definition) is 4. The van der Waals surface area contributed by atoms with Crippen LogP contribution >= 0.6 is 0 Å². The van der Waals surface area contributed by atoms with E-state index in [1.165, 1.54) is 4.90 Å². The summed E-state index contributed by atoms with van der Waals surface area (Å²) in [5, 5.41) is 11.2. The topological polar surface area (TPSA) is 157 Å². The van der Waals surface area contributed by atoms with Crippen molar-refractivity contribution < 1.29 is 28.8 Å². The molecular weight excluding hydrogens is 672 g/mol. The largest absolute Gasteiger partial charge is 0.350 e. The number of likely N-dealkylation sites (tertiary alicyclic amines) is 1. The van der Waals surface area contributed by atoms with Gasteiger partial charge in [-0.15, -0.1) is 12.3 Å². The Morgan fingerprint density at radius 1 is 0.962 bits per heavy atom. The fourth-order valence-electron chi connectivity index (χ4n) is 6.98. The Kier molecular flexibility index (Phi) is 14.1. The molecule has 1 saturated heterocycles. The van der Waals surface area contributed by atoms with E-state index in [0.29, 0.717) is 24.1 Å². The lowest BCUT2D eigenvalue weighted by Crippen LogP contribution is -2.62. The van der Waals surface area contributed by atoms with E-state index < -0.39 is 76.4 Å². The predicted molar refractivity (Wildman–Crippen MR) is 205 cm³/mol. The summed E-state index contributed by atoms with van der Waals surface area (Å²) in [6.45, 7) is 24.0. The Hall–Kier alpha value is -4.66. The van der Waals surface area contributed by atoms with E-state index in [1.54, 1.807) is 24.8 Å². The van der Waals surface area contributed by atoms with Gasteiger partial charge in [0.15, 0.2) is 0 Å². The second-order valence-corrected chi connectivity index (χ2v) is 17.1. The molecule has 4 N–H and O–H groups in total. The van der Waals surface area contributed by atoms with Gasteiger partial charge in [-0.2, -0.15) is 0 Å². The Balaban J connectivity index is 1.91. The van der Waals surface area contributed by atoms with Gasteiger partial charge in [0, 0.05) is 44.1 Å². The first-order chi connectivity index (χ1) is 24.6. The number of carbonyl (C=O) groups excluding carboxylic acids is 6. The number of benzene rings is 1. The molecule has 0 spiro atoms. The Labute approximate surface area is 315 Å². The molecule has 2 aliphatic rings. The normalized spacial score (nSPS) is 19.5. The minimum Gasteiger partial charge on any atom is -0.350 e. The third kappa shape index (κ3) is 10.5. The van der Waals surface area contributed by atoms with Crippen LogP contribution in [-0.4, -0.2) is 89.0 Å². The number of nitrogens with one attached hydrogen (secondary N) is 4. The number of likely N-dealkylation sites (N-methyl/N-ethyl adjacent to an activating group) is 1. The monoisotopic (exact) mass is 732 g/mol. The lowest BCUT2D eigenvalue weighted by molar-refractivity contribution is -0.145. The molecule has 0 aliphatic carbocycles. The highest BCUT2D eigenvalue weighted by Crippen LogP contribution is 2.36. The van der Waals surface area contributed by atoms with Crippen molar-refractivity contribution in [1.82, 2.24) is 31.1 Å². The Bertz CT molecular complexity index is 1620. The molecule has 0 aromatic heterocycles. The molecule has 1 unspecified atom stereocenters. The second kappa shape index (κ2) is 17.4. The standard InChI is InChI=1S/C41H60N6O6/c1-13-17-25(5)31(33(48)36(50)42-14-2)44-35(49)32-29(20-24(3)4)26(6)21-47(32)38(52)34(41(10,11)12)45-39(53)43-30(40(7,8)9)23-46-22-27-18-15-16-19-28(27)37(46)51/h1,15-16,18-19,24-25,29-32,34H,6,14,17,20-23H2,2-5,7-12H3,(H,42,50)(H,44,49)(H2,43,45,53)/t25-,29+,30-,31?,32+,34-/m1/s1. The molecule has 53 heavy (non-hydrogen) atoms. The summed E-state index contributed by atoms with van der Waals surface area (Å²) in [5.74, 6) is -1.20. The van der Waals surface area contributed by atoms with Crippen molar-refractivity contribution in [2.24, 2.45) is 28.6 Å². The van der Waals surface area contributed by atoms with Crippen LogP contribution in [-0.2, 0) is 25.7 Å². The number of nitrogens with zero attached hydrogens (tertiary/aromatic N) is 2. The quantitative estimate of drug-likeness (QED) is 0.129. The summed E-state index contributed by atoms with van der Waals surface area (Å²) in [7, 11) is 0. The molecule has 0 bridgehead atoms. The van der Waals surface area contributed by atoms with E-state index in [4.69, 9.17) is 6.42 Å². The minimum absolute atomic E-state index is 0.0707. The van der Waals surface area contributed by atoms with Gasteiger partial charge in [-0.05, 0) is 47.6 Å². The number of urea groups is 1. The van der Waals surface area contributed by atoms with Crippen molar-refractivity contribution >= 4 is 35.4 Å². The number of ketones is 1. The first-order valence-corrected chi connectivity index (χ1v) is 18.6. The van der Waals surface area contributed by atoms with Gasteiger partial charge in [-0.3, -0.25) is 24.0 Å². The molecule has 2 aliphatic heterocycles. The summed E-state index contributed by atoms with van der Waals surface area (Å²) < 4.78 is 0. The minimum atomic E-state index is -1.22. The van der Waals surface area contributed by atoms with Gasteiger partial charge in [0.1, 0.15) is 18.1 Å². The van der Waals surface area contributed by atoms with Crippen molar-refractivity contribution in [2.75, 3.05) is 19.6 Å². The van der Waals surface area contributed by atoms with Gasteiger partial charge >= 0.3 is 6.03 Å². The van der Waals surface area contributed by atoms with Gasteiger partial charge in [-0.1, -0.05) is 92.7 Å². The molecule has 12 nitrogen and oxygen atoms in total. The molecule has 1 aromatic rings. The van der Waals surface area contributed by atoms with Crippen LogP contribution in [0.15, 0.2) is 36.4 Å². The maximum Gasteiger partial charge on any atom is 0.315 e. The van der Waals surface area contributed by atoms with Crippen LogP contribution in [0.5, 0.6) is 0 Å². The summed E-state index contributed by atoms with van der Waals surface area (Å²) in [6.07, 6.45) is 6.22. The number of amides is 6. The highest BCUT2D eigenvalue weighted by molar-refractivity contribution is 6.38. The van der Waals surface area contributed by atoms with Crippen LogP contribution in [0.25, 0.3) is 0 Å². The van der Waals surface area contributed by atoms with Gasteiger partial charge < -0.3 is 31.1 Å². The molecule has 0 radical (unpaired) electrons. The Morgan fingerprint density at radius 3 is 2.15 bits per heavy atom. The number of rotatable bonds is 14. The maximum atomic E-state index is 14.7. The van der Waals surface area contributed by atoms with E-state index >= 15 is 0 Å². The van der Waals surface area contributed by atoms with E-state index in [2.05, 4.69) is 33.8 Å². The summed E-state index contributed by atoms with van der Waals surface area (Å²) >= 11 is 0. The average Bonchev–Trinajstić information content (AvgIpc) is 3.55. The number of fused-ring (bicyclic) bond motifs is 1. The predicted octanol–water partition coefficient (Wildman–Crippen LogP) is 4.05. The third-order valence-electron chi connectivity index (χ3n) is 10.1. The molecule has 6 atom stereocenters. The van der Waals surface area contributed by atoms with E-state index in [9.17, 15) is 28.8 Å². The van der Waals surface area contributed by atoms with Crippen LogP contribution in [0.4, 0.5) is 4.79 Å². The maximum absolute atomic E-state index is 14.7. The summed E-state index contributed by atoms with van der Waals surface area (Å²) in [6, 6.07) is 3.04. The molecule has 290 valence electrons. The molecule has 12 heteroatoms. The SMILES string of the molecule is C#CC[C@@H](C)C(NC(=O)[C@@H]1[C@@H](CC(C)C)C(=C)CN1C(=O)[C@@H](NC(=O)N[C@H](CN1Cc2ccccc2C1=O)C(C)(C)C)C(C)(C)C)C(=O)C(=O)NCC. The molecule has 0 saturated carbocycles. The van der Waals surface area contributed by atoms with Gasteiger partial charge in [0.25, 0.3) is 11.8 Å². The zero-order valence-electron chi connectivity index (χ0n) is 33.2. The highest BCUT2D eigenvalue weighted by Gasteiger charge is 2.49. The van der Waals surface area contributed by atoms with Gasteiger partial charge in [-0.25, -0.2) is 4.79 Å². The number of carbonyl (C=O) groups is 6. The van der Waals surface area contributed by atoms with Crippen LogP contribution in [0.1, 0.15) is 98.0 Å². The fourth-order valence-corrected chi connectivity index (χ4v) is 6.98. The molecule has 1 aromatic carbocycles. The van der Waals surface area contributed by atoms with E-state index in [-0.39, 0.29) is 37.9 Å². The Morgan fingerprint density at radius 2 is 1.60 bits per heavy atom. The lowest BCUT2D eigenvalue weighted by Gasteiger charge is -2.38. The summed E-state index contributed by atoms with van der Waals surface area (Å²) in [5.41, 5.74) is 1.01. The number of terminal acetylenes is 1. The first-order valence-electron chi connectivity index (χ1n) is 18.6. The van der Waals surface area contributed by atoms with Crippen LogP contribution in [0, 0.1) is 40.9 Å². The van der Waals surface area contributed by atoms with E-state index in [0.717, 1.165) is 5.56 Å². The lowest BCUT2D eigenvalue weighted by atomic mass is 9.84. The van der Waals surface area contributed by atoms with Crippen LogP contribution < -0.4 is 21.3 Å². The molecular formula is C41H60N6O6. The third-order valence-corrected chi connectivity index (χ3v) is 10.1. The number of Topliss-reactive ketones (excluding diaryl/α,β-unsaturated/α-hetero) is 1. The fraction of sp³-hybridized carbons (Fsp3) is 0.610. The van der Waals surface area contributed by atoms with Crippen molar-refractivity contribution in [3.63, 3.8) is 0 Å². The zero-order valence-corrected chi connectivity index (χ0v) is 33.2. The van der Waals surface area contributed by atoms with Crippen molar-refractivity contribution in [2.45, 2.75) is 113 Å². The van der Waals surface area contributed by atoms with Crippen molar-refractivity contribution in [1.29, 1.82) is 0 Å². The molecule has 2 heterocycles. The zero-order chi connectivity index (χ0) is 40.0. The highest BCUT2D eigenvalue weighted by atomic mass is 16.2. The number of hydrogen-bond acceptors (Lipinski definition) is 6. The average molecular weight is 733 g/mol. The van der Waals surface area contributed by atoms with Crippen LogP contribution in [0.3, 0.4) is 0 Å². The van der Waals surface area contributed by atoms with Crippen LogP contribution in [0.2, 0.25) is 0 Å². The second-order valence-electron chi connectivity index (χ2n) is 17.1. The van der Waals surface area contributed by atoms with Crippen molar-refractivity contribution in [3.05, 3.63) is 47.5 Å². The van der Waals surface area contributed by atoms with Crippen molar-refractivity contribution in [3.8, 4) is 12.3 Å². The van der Waals surface area contributed by atoms with Gasteiger partial charge in [0.05, 0.1) is 6.04 Å². The van der Waals surface area contributed by atoms with Gasteiger partial charge in [0.2, 0.25) is 17.6 Å². The smallest absolute Gasteiger partial charge is 0.315 e. The molecule has 6 amide bonds. The van der Waals surface area contributed by atoms with E-state index in [1.807, 2.05) is 73.6 Å². The molecule has 1 fully saturated rings.